The Morgan fingerprint density at radius 2 is 1.88 bits per heavy atom. The first-order chi connectivity index (χ1) is 12.1. The van der Waals surface area contributed by atoms with E-state index in [1.807, 2.05) is 0 Å². The number of nitrogens with zero attached hydrogens (tertiary/aromatic N) is 2. The molecule has 3 rings (SSSR count). The lowest BCUT2D eigenvalue weighted by molar-refractivity contribution is 0.201. The lowest BCUT2D eigenvalue weighted by Gasteiger charge is -2.22. The highest BCUT2D eigenvalue weighted by Gasteiger charge is 2.19. The zero-order valence-electron chi connectivity index (χ0n) is 13.2. The first-order valence-electron chi connectivity index (χ1n) is 7.54. The topological polar surface area (TPSA) is 58.4 Å². The quantitative estimate of drug-likeness (QED) is 0.756. The Morgan fingerprint density at radius 3 is 2.52 bits per heavy atom. The molecule has 2 aromatic heterocycles. The van der Waals surface area contributed by atoms with Crippen LogP contribution in [0.1, 0.15) is 11.3 Å². The average molecular weight is 343 g/mol. The highest BCUT2D eigenvalue weighted by Crippen LogP contribution is 2.19. The number of rotatable bonds is 5. The van der Waals surface area contributed by atoms with Gasteiger partial charge >= 0.3 is 6.03 Å². The third kappa shape index (κ3) is 4.20. The minimum atomic E-state index is -0.840. The molecule has 0 spiro atoms. The lowest BCUT2D eigenvalue weighted by atomic mass is 10.2. The number of amides is 2. The fourth-order valence-corrected chi connectivity index (χ4v) is 2.31. The van der Waals surface area contributed by atoms with Gasteiger partial charge in [0.1, 0.15) is 23.1 Å². The van der Waals surface area contributed by atoms with Gasteiger partial charge in [0.15, 0.2) is 0 Å². The summed E-state index contributed by atoms with van der Waals surface area (Å²) >= 11 is 0. The van der Waals surface area contributed by atoms with E-state index in [2.05, 4.69) is 10.3 Å². The van der Waals surface area contributed by atoms with Gasteiger partial charge in [-0.2, -0.15) is 0 Å². The Kier molecular flexibility index (Phi) is 5.03. The van der Waals surface area contributed by atoms with E-state index < -0.39 is 23.4 Å². The van der Waals surface area contributed by atoms with Gasteiger partial charge in [0.25, 0.3) is 0 Å². The maximum atomic E-state index is 13.8. The molecular weight excluding hydrogens is 328 g/mol. The Morgan fingerprint density at radius 1 is 1.08 bits per heavy atom. The van der Waals surface area contributed by atoms with E-state index in [0.29, 0.717) is 5.76 Å². The number of carbonyl (C=O) groups is 1. The van der Waals surface area contributed by atoms with E-state index in [0.717, 1.165) is 17.7 Å². The number of urea groups is 1. The van der Waals surface area contributed by atoms with Crippen LogP contribution in [0, 0.1) is 11.6 Å². The number of hydrogen-bond donors (Lipinski definition) is 1. The van der Waals surface area contributed by atoms with Crippen molar-refractivity contribution < 1.29 is 18.0 Å². The summed E-state index contributed by atoms with van der Waals surface area (Å²) in [5, 5.41) is 2.29. The van der Waals surface area contributed by atoms with Crippen molar-refractivity contribution in [2.24, 2.45) is 0 Å². The van der Waals surface area contributed by atoms with Crippen LogP contribution in [0.4, 0.5) is 19.3 Å². The number of nitrogens with one attached hydrogen (secondary N) is 1. The fourth-order valence-electron chi connectivity index (χ4n) is 2.31. The largest absolute Gasteiger partial charge is 0.467 e. The summed E-state index contributed by atoms with van der Waals surface area (Å²) in [5.74, 6) is -1.13. The number of para-hydroxylation sites is 1. The summed E-state index contributed by atoms with van der Waals surface area (Å²) in [5.41, 5.74) is 0.293. The van der Waals surface area contributed by atoms with E-state index in [1.54, 1.807) is 36.7 Å². The molecule has 25 heavy (non-hydrogen) atoms. The molecule has 0 radical (unpaired) electrons. The normalized spacial score (nSPS) is 10.5. The Labute approximate surface area is 142 Å². The number of pyridine rings is 1. The molecule has 0 unspecified atom stereocenters. The van der Waals surface area contributed by atoms with Crippen LogP contribution in [0.2, 0.25) is 0 Å². The number of benzene rings is 1. The number of halogens is 2. The van der Waals surface area contributed by atoms with Gasteiger partial charge in [-0.05, 0) is 35.9 Å². The van der Waals surface area contributed by atoms with Gasteiger partial charge in [-0.1, -0.05) is 12.1 Å². The van der Waals surface area contributed by atoms with E-state index in [4.69, 9.17) is 4.42 Å². The van der Waals surface area contributed by atoms with Gasteiger partial charge in [0, 0.05) is 18.9 Å². The molecule has 0 bridgehead atoms. The van der Waals surface area contributed by atoms with Gasteiger partial charge < -0.3 is 14.6 Å². The third-order valence-electron chi connectivity index (χ3n) is 3.50. The molecule has 0 aliphatic carbocycles. The second-order valence-electron chi connectivity index (χ2n) is 5.32. The predicted molar refractivity (Wildman–Crippen MR) is 87.6 cm³/mol. The minimum Gasteiger partial charge on any atom is -0.467 e. The summed E-state index contributed by atoms with van der Waals surface area (Å²) in [6.07, 6.45) is 4.73. The van der Waals surface area contributed by atoms with Crippen LogP contribution >= 0.6 is 0 Å². The third-order valence-corrected chi connectivity index (χ3v) is 3.50. The standard InChI is InChI=1S/C18H15F2N3O2/c19-15-6-1-7-16(20)17(15)22-18(24)23(12-14-5-3-9-25-14)11-13-4-2-8-21-10-13/h1-10H,11-12H2,(H,22,24). The molecule has 0 atom stereocenters. The molecule has 0 aliphatic heterocycles. The summed E-state index contributed by atoms with van der Waals surface area (Å²) in [7, 11) is 0. The van der Waals surface area contributed by atoms with Gasteiger partial charge in [-0.3, -0.25) is 4.98 Å². The predicted octanol–water partition coefficient (Wildman–Crippen LogP) is 4.19. The van der Waals surface area contributed by atoms with Crippen molar-refractivity contribution in [3.63, 3.8) is 0 Å². The molecular formula is C18H15F2N3O2. The molecule has 5 nitrogen and oxygen atoms in total. The van der Waals surface area contributed by atoms with Crippen molar-refractivity contribution in [2.75, 3.05) is 5.32 Å². The summed E-state index contributed by atoms with van der Waals surface area (Å²) in [6.45, 7) is 0.347. The van der Waals surface area contributed by atoms with E-state index in [9.17, 15) is 13.6 Å². The highest BCUT2D eigenvalue weighted by molar-refractivity contribution is 5.89. The molecule has 0 aliphatic rings. The second kappa shape index (κ2) is 7.57. The van der Waals surface area contributed by atoms with Gasteiger partial charge in [-0.15, -0.1) is 0 Å². The summed E-state index contributed by atoms with van der Waals surface area (Å²) in [6, 6.07) is 9.71. The molecule has 0 saturated carbocycles. The van der Waals surface area contributed by atoms with Crippen molar-refractivity contribution in [1.82, 2.24) is 9.88 Å². The monoisotopic (exact) mass is 343 g/mol. The fraction of sp³-hybridized carbons (Fsp3) is 0.111. The maximum Gasteiger partial charge on any atom is 0.322 e. The van der Waals surface area contributed by atoms with Crippen LogP contribution < -0.4 is 5.32 Å². The smallest absolute Gasteiger partial charge is 0.322 e. The van der Waals surface area contributed by atoms with Crippen LogP contribution in [0.3, 0.4) is 0 Å². The van der Waals surface area contributed by atoms with Gasteiger partial charge in [-0.25, -0.2) is 13.6 Å². The van der Waals surface area contributed by atoms with Crippen LogP contribution in [0.25, 0.3) is 0 Å². The number of anilines is 1. The van der Waals surface area contributed by atoms with Crippen molar-refractivity contribution in [3.05, 3.63) is 84.1 Å². The molecule has 1 aromatic carbocycles. The molecule has 3 aromatic rings. The first kappa shape index (κ1) is 16.6. The SMILES string of the molecule is O=C(Nc1c(F)cccc1F)N(Cc1cccnc1)Cc1ccco1. The summed E-state index contributed by atoms with van der Waals surface area (Å²) in [4.78, 5) is 17.9. The Hall–Kier alpha value is -3.22. The van der Waals surface area contributed by atoms with Crippen LogP contribution in [0.15, 0.2) is 65.5 Å². The number of hydrogen-bond acceptors (Lipinski definition) is 3. The van der Waals surface area contributed by atoms with Gasteiger partial charge in [0.2, 0.25) is 0 Å². The molecule has 2 heterocycles. The first-order valence-corrected chi connectivity index (χ1v) is 7.54. The van der Waals surface area contributed by atoms with E-state index in [-0.39, 0.29) is 13.1 Å². The van der Waals surface area contributed by atoms with Crippen LogP contribution in [-0.2, 0) is 13.1 Å². The van der Waals surface area contributed by atoms with Crippen molar-refractivity contribution >= 4 is 11.7 Å². The molecule has 0 saturated heterocycles. The molecule has 128 valence electrons. The zero-order valence-corrected chi connectivity index (χ0v) is 13.2. The lowest BCUT2D eigenvalue weighted by Crippen LogP contribution is -2.34. The average Bonchev–Trinajstić information content (AvgIpc) is 3.11. The van der Waals surface area contributed by atoms with Gasteiger partial charge in [0.05, 0.1) is 12.8 Å². The number of carbonyl (C=O) groups excluding carboxylic acids is 1. The number of aromatic nitrogens is 1. The zero-order chi connectivity index (χ0) is 17.6. The van der Waals surface area contributed by atoms with E-state index >= 15 is 0 Å². The van der Waals surface area contributed by atoms with Crippen molar-refractivity contribution in [3.8, 4) is 0 Å². The Bertz CT molecular complexity index is 819. The van der Waals surface area contributed by atoms with E-state index in [1.165, 1.54) is 17.2 Å². The van der Waals surface area contributed by atoms with Crippen molar-refractivity contribution in [2.45, 2.75) is 13.1 Å². The molecule has 0 fully saturated rings. The summed E-state index contributed by atoms with van der Waals surface area (Å²) < 4.78 is 32.8. The van der Waals surface area contributed by atoms with Crippen molar-refractivity contribution in [1.29, 1.82) is 0 Å². The Balaban J connectivity index is 1.81. The highest BCUT2D eigenvalue weighted by atomic mass is 19.1. The number of furan rings is 1. The second-order valence-corrected chi connectivity index (χ2v) is 5.32. The van der Waals surface area contributed by atoms with Crippen LogP contribution in [0.5, 0.6) is 0 Å². The molecule has 7 heteroatoms. The molecule has 2 amide bonds. The molecule has 1 N–H and O–H groups in total. The maximum absolute atomic E-state index is 13.8. The minimum absolute atomic E-state index is 0.143. The van der Waals surface area contributed by atoms with Crippen LogP contribution in [-0.4, -0.2) is 15.9 Å².